The summed E-state index contributed by atoms with van der Waals surface area (Å²) >= 11 is 0. The average Bonchev–Trinajstić information content (AvgIpc) is 2.22. The molecule has 2 nitrogen and oxygen atoms in total. The van der Waals surface area contributed by atoms with Gasteiger partial charge in [-0.1, -0.05) is 20.3 Å². The highest BCUT2D eigenvalue weighted by Crippen LogP contribution is 2.25. The van der Waals surface area contributed by atoms with Gasteiger partial charge in [-0.05, 0) is 30.9 Å². The summed E-state index contributed by atoms with van der Waals surface area (Å²) < 4.78 is 18.7. The third kappa shape index (κ3) is 3.40. The molecule has 0 saturated carbocycles. The van der Waals surface area contributed by atoms with E-state index in [2.05, 4.69) is 13.8 Å². The molecule has 0 fully saturated rings. The number of hydrogen-bond donors (Lipinski definition) is 1. The van der Waals surface area contributed by atoms with Crippen LogP contribution in [0.1, 0.15) is 32.3 Å². The van der Waals surface area contributed by atoms with Crippen LogP contribution < -0.4 is 10.5 Å². The van der Waals surface area contributed by atoms with E-state index in [4.69, 9.17) is 10.5 Å². The van der Waals surface area contributed by atoms with Gasteiger partial charge in [0.2, 0.25) is 0 Å². The Bertz CT molecular complexity index is 352. The summed E-state index contributed by atoms with van der Waals surface area (Å²) in [6.45, 7) is 6.61. The molecule has 1 aromatic carbocycles. The highest BCUT2D eigenvalue weighted by atomic mass is 19.1. The molecule has 90 valence electrons. The Balaban J connectivity index is 2.63. The van der Waals surface area contributed by atoms with Crippen molar-refractivity contribution >= 4 is 5.69 Å². The lowest BCUT2D eigenvalue weighted by Gasteiger charge is -2.14. The number of rotatable bonds is 5. The number of nitrogen functional groups attached to an aromatic ring is 1. The summed E-state index contributed by atoms with van der Waals surface area (Å²) in [5, 5.41) is 0. The van der Waals surface area contributed by atoms with E-state index < -0.39 is 0 Å². The predicted molar refractivity (Wildman–Crippen MR) is 65.1 cm³/mol. The lowest BCUT2D eigenvalue weighted by Crippen LogP contribution is -2.09. The molecule has 16 heavy (non-hydrogen) atoms. The molecular weight excluding hydrogens is 205 g/mol. The van der Waals surface area contributed by atoms with Crippen molar-refractivity contribution in [3.05, 3.63) is 23.5 Å². The van der Waals surface area contributed by atoms with Gasteiger partial charge in [0.15, 0.2) is 0 Å². The Hall–Kier alpha value is -1.25. The second-order valence-electron chi connectivity index (χ2n) is 4.34. The standard InChI is InChI=1S/C13H20FNO/c1-4-5-9(2)8-16-13-6-10(3)11(14)7-12(13)15/h6-7,9H,4-5,8,15H2,1-3H3. The number of ether oxygens (including phenoxy) is 1. The maximum absolute atomic E-state index is 13.1. The van der Waals surface area contributed by atoms with E-state index in [0.29, 0.717) is 29.5 Å². The zero-order valence-electron chi connectivity index (χ0n) is 10.2. The van der Waals surface area contributed by atoms with E-state index in [-0.39, 0.29) is 5.82 Å². The number of benzene rings is 1. The molecule has 1 rings (SSSR count). The molecule has 2 N–H and O–H groups in total. The Morgan fingerprint density at radius 2 is 2.12 bits per heavy atom. The molecule has 1 atom stereocenters. The van der Waals surface area contributed by atoms with Crippen molar-refractivity contribution in [1.82, 2.24) is 0 Å². The van der Waals surface area contributed by atoms with E-state index >= 15 is 0 Å². The van der Waals surface area contributed by atoms with Gasteiger partial charge in [0.1, 0.15) is 11.6 Å². The van der Waals surface area contributed by atoms with Crippen molar-refractivity contribution in [2.45, 2.75) is 33.6 Å². The van der Waals surface area contributed by atoms with Crippen molar-refractivity contribution in [1.29, 1.82) is 0 Å². The van der Waals surface area contributed by atoms with Gasteiger partial charge in [-0.15, -0.1) is 0 Å². The molecule has 1 unspecified atom stereocenters. The maximum Gasteiger partial charge on any atom is 0.142 e. The first-order valence-electron chi connectivity index (χ1n) is 5.73. The summed E-state index contributed by atoms with van der Waals surface area (Å²) in [5.74, 6) is 0.795. The number of aryl methyl sites for hydroxylation is 1. The fourth-order valence-electron chi connectivity index (χ4n) is 1.60. The van der Waals surface area contributed by atoms with Crippen LogP contribution in [0.3, 0.4) is 0 Å². The summed E-state index contributed by atoms with van der Waals surface area (Å²) in [5.41, 5.74) is 6.62. The van der Waals surface area contributed by atoms with Crippen molar-refractivity contribution in [2.75, 3.05) is 12.3 Å². The van der Waals surface area contributed by atoms with Crippen LogP contribution in [0.15, 0.2) is 12.1 Å². The fourth-order valence-corrected chi connectivity index (χ4v) is 1.60. The normalized spacial score (nSPS) is 12.5. The molecule has 0 saturated heterocycles. The smallest absolute Gasteiger partial charge is 0.142 e. The van der Waals surface area contributed by atoms with Gasteiger partial charge in [0, 0.05) is 6.07 Å². The highest BCUT2D eigenvalue weighted by molar-refractivity contribution is 5.54. The van der Waals surface area contributed by atoms with E-state index in [0.717, 1.165) is 12.8 Å². The van der Waals surface area contributed by atoms with Crippen LogP contribution >= 0.6 is 0 Å². The van der Waals surface area contributed by atoms with Gasteiger partial charge in [0.25, 0.3) is 0 Å². The first kappa shape index (κ1) is 12.8. The van der Waals surface area contributed by atoms with Gasteiger partial charge in [-0.2, -0.15) is 0 Å². The Morgan fingerprint density at radius 3 is 2.75 bits per heavy atom. The molecular formula is C13H20FNO. The second-order valence-corrected chi connectivity index (χ2v) is 4.34. The maximum atomic E-state index is 13.1. The molecule has 3 heteroatoms. The van der Waals surface area contributed by atoms with Crippen LogP contribution in [0, 0.1) is 18.7 Å². The summed E-state index contributed by atoms with van der Waals surface area (Å²) in [6, 6.07) is 2.97. The molecule has 0 radical (unpaired) electrons. The summed E-state index contributed by atoms with van der Waals surface area (Å²) in [6.07, 6.45) is 2.27. The van der Waals surface area contributed by atoms with Gasteiger partial charge < -0.3 is 10.5 Å². The third-order valence-corrected chi connectivity index (χ3v) is 2.60. The van der Waals surface area contributed by atoms with Gasteiger partial charge in [-0.25, -0.2) is 4.39 Å². The van der Waals surface area contributed by atoms with Crippen LogP contribution in [-0.2, 0) is 0 Å². The highest BCUT2D eigenvalue weighted by Gasteiger charge is 2.07. The summed E-state index contributed by atoms with van der Waals surface area (Å²) in [4.78, 5) is 0. The number of halogens is 1. The van der Waals surface area contributed by atoms with Crippen LogP contribution in [0.2, 0.25) is 0 Å². The Labute approximate surface area is 96.6 Å². The minimum absolute atomic E-state index is 0.286. The zero-order valence-corrected chi connectivity index (χ0v) is 10.2. The molecule has 0 heterocycles. The zero-order chi connectivity index (χ0) is 12.1. The summed E-state index contributed by atoms with van der Waals surface area (Å²) in [7, 11) is 0. The predicted octanol–water partition coefficient (Wildman–Crippen LogP) is 3.53. The van der Waals surface area contributed by atoms with E-state index in [1.165, 1.54) is 6.07 Å². The van der Waals surface area contributed by atoms with Crippen LogP contribution in [0.5, 0.6) is 5.75 Å². The molecule has 1 aromatic rings. The minimum atomic E-state index is -0.286. The molecule has 0 aliphatic carbocycles. The van der Waals surface area contributed by atoms with E-state index in [1.807, 2.05) is 0 Å². The Kier molecular flexibility index (Phi) is 4.59. The largest absolute Gasteiger partial charge is 0.491 e. The molecule has 0 aromatic heterocycles. The van der Waals surface area contributed by atoms with Crippen LogP contribution in [0.4, 0.5) is 10.1 Å². The van der Waals surface area contributed by atoms with Crippen molar-refractivity contribution in [3.8, 4) is 5.75 Å². The molecule has 0 amide bonds. The lowest BCUT2D eigenvalue weighted by molar-refractivity contribution is 0.252. The second kappa shape index (κ2) is 5.73. The number of nitrogens with two attached hydrogens (primary N) is 1. The topological polar surface area (TPSA) is 35.2 Å². The monoisotopic (exact) mass is 225 g/mol. The molecule has 0 aliphatic rings. The number of anilines is 1. The van der Waals surface area contributed by atoms with Crippen molar-refractivity contribution in [2.24, 2.45) is 5.92 Å². The van der Waals surface area contributed by atoms with Crippen LogP contribution in [0.25, 0.3) is 0 Å². The quantitative estimate of drug-likeness (QED) is 0.778. The van der Waals surface area contributed by atoms with E-state index in [9.17, 15) is 4.39 Å². The lowest BCUT2D eigenvalue weighted by atomic mass is 10.1. The van der Waals surface area contributed by atoms with Crippen molar-refractivity contribution in [3.63, 3.8) is 0 Å². The number of hydrogen-bond acceptors (Lipinski definition) is 2. The van der Waals surface area contributed by atoms with Gasteiger partial charge in [0.05, 0.1) is 12.3 Å². The fraction of sp³-hybridized carbons (Fsp3) is 0.538. The average molecular weight is 225 g/mol. The third-order valence-electron chi connectivity index (χ3n) is 2.60. The first-order valence-corrected chi connectivity index (χ1v) is 5.73. The van der Waals surface area contributed by atoms with Gasteiger partial charge in [-0.3, -0.25) is 0 Å². The molecule has 0 aliphatic heterocycles. The SMILES string of the molecule is CCCC(C)COc1cc(C)c(F)cc1N. The minimum Gasteiger partial charge on any atom is -0.491 e. The van der Waals surface area contributed by atoms with E-state index in [1.54, 1.807) is 13.0 Å². The molecule has 0 bridgehead atoms. The molecule has 0 spiro atoms. The Morgan fingerprint density at radius 1 is 1.44 bits per heavy atom. The van der Waals surface area contributed by atoms with Crippen molar-refractivity contribution < 1.29 is 9.13 Å². The first-order chi connectivity index (χ1) is 7.54. The van der Waals surface area contributed by atoms with Gasteiger partial charge >= 0.3 is 0 Å². The van der Waals surface area contributed by atoms with Crippen LogP contribution in [-0.4, -0.2) is 6.61 Å².